The number of thioether (sulfide) groups is 1. The quantitative estimate of drug-likeness (QED) is 0.875. The highest BCUT2D eigenvalue weighted by Crippen LogP contribution is 2.36. The Hall–Kier alpha value is -1.37. The third kappa shape index (κ3) is 2.66. The third-order valence-electron chi connectivity index (χ3n) is 3.17. The maximum absolute atomic E-state index is 12.8. The number of aromatic nitrogens is 2. The lowest BCUT2D eigenvalue weighted by Crippen LogP contribution is -2.28. The van der Waals surface area contributed by atoms with Crippen molar-refractivity contribution in [2.24, 2.45) is 0 Å². The molecule has 0 atom stereocenters. The molecule has 0 aliphatic carbocycles. The summed E-state index contributed by atoms with van der Waals surface area (Å²) in [5.74, 6) is 0.0352. The molecule has 8 heteroatoms. The van der Waals surface area contributed by atoms with Gasteiger partial charge >= 0.3 is 5.24 Å². The highest BCUT2D eigenvalue weighted by molar-refractivity contribution is 8.13. The van der Waals surface area contributed by atoms with Gasteiger partial charge in [0.15, 0.2) is 0 Å². The van der Waals surface area contributed by atoms with Gasteiger partial charge in [-0.2, -0.15) is 4.68 Å². The number of carbonyl (C=O) groups is 1. The second kappa shape index (κ2) is 6.40. The molecular weight excluding hydrogens is 345 g/mol. The molecule has 0 unspecified atom stereocenters. The first-order chi connectivity index (χ1) is 10.3. The van der Waals surface area contributed by atoms with E-state index in [9.17, 15) is 9.59 Å². The van der Waals surface area contributed by atoms with Gasteiger partial charge in [0.05, 0.1) is 15.6 Å². The molecule has 5 nitrogen and oxygen atoms in total. The second-order valence-electron chi connectivity index (χ2n) is 4.88. The lowest BCUT2D eigenvalue weighted by molar-refractivity contribution is 0.254. The van der Waals surface area contributed by atoms with Crippen LogP contribution in [0.3, 0.4) is 0 Å². The summed E-state index contributed by atoms with van der Waals surface area (Å²) in [5, 5.41) is 0.264. The molecule has 2 rings (SSSR count). The summed E-state index contributed by atoms with van der Waals surface area (Å²) in [5.41, 5.74) is 6.17. The average Bonchev–Trinajstić information content (AvgIpc) is 2.71. The normalized spacial score (nSPS) is 11.2. The fraction of sp³-hybridized carbons (Fsp3) is 0.286. The first kappa shape index (κ1) is 17.0. The summed E-state index contributed by atoms with van der Waals surface area (Å²) < 4.78 is 2.48. The SMILES string of the molecule is CSC(=O)n1c(N)c(-c2c(Cl)cccc2Cl)c(=O)n1C(C)C. The van der Waals surface area contributed by atoms with Crippen LogP contribution < -0.4 is 11.3 Å². The Labute approximate surface area is 142 Å². The van der Waals surface area contributed by atoms with E-state index >= 15 is 0 Å². The molecule has 0 amide bonds. The number of anilines is 1. The minimum atomic E-state index is -0.398. The first-order valence-corrected chi connectivity index (χ1v) is 8.45. The van der Waals surface area contributed by atoms with Gasteiger partial charge in [0.25, 0.3) is 5.56 Å². The third-order valence-corrected chi connectivity index (χ3v) is 4.32. The Morgan fingerprint density at radius 1 is 1.23 bits per heavy atom. The summed E-state index contributed by atoms with van der Waals surface area (Å²) in [4.78, 5) is 24.9. The summed E-state index contributed by atoms with van der Waals surface area (Å²) >= 11 is 13.3. The Morgan fingerprint density at radius 2 is 1.77 bits per heavy atom. The van der Waals surface area contributed by atoms with E-state index in [0.29, 0.717) is 15.6 Å². The second-order valence-corrected chi connectivity index (χ2v) is 6.45. The molecule has 0 aliphatic rings. The van der Waals surface area contributed by atoms with Crippen LogP contribution >= 0.6 is 35.0 Å². The fourth-order valence-corrected chi connectivity index (χ4v) is 3.19. The van der Waals surface area contributed by atoms with Gasteiger partial charge in [-0.3, -0.25) is 9.59 Å². The van der Waals surface area contributed by atoms with Gasteiger partial charge in [-0.05, 0) is 32.2 Å². The zero-order valence-corrected chi connectivity index (χ0v) is 14.6. The number of halogens is 2. The molecule has 2 N–H and O–H groups in total. The number of nitrogen functional groups attached to an aromatic ring is 1. The van der Waals surface area contributed by atoms with E-state index in [-0.39, 0.29) is 22.7 Å². The zero-order valence-electron chi connectivity index (χ0n) is 12.3. The van der Waals surface area contributed by atoms with Gasteiger partial charge in [0.2, 0.25) is 0 Å². The fourth-order valence-electron chi connectivity index (χ4n) is 2.25. The van der Waals surface area contributed by atoms with Crippen LogP contribution in [-0.4, -0.2) is 20.9 Å². The summed E-state index contributed by atoms with van der Waals surface area (Å²) in [6, 6.07) is 4.67. The van der Waals surface area contributed by atoms with Crippen LogP contribution in [0.4, 0.5) is 10.6 Å². The topological polar surface area (TPSA) is 70.0 Å². The molecule has 0 radical (unpaired) electrons. The Morgan fingerprint density at radius 3 is 2.23 bits per heavy atom. The van der Waals surface area contributed by atoms with Crippen molar-refractivity contribution in [1.82, 2.24) is 9.36 Å². The molecule has 0 saturated heterocycles. The lowest BCUT2D eigenvalue weighted by atomic mass is 10.1. The number of benzene rings is 1. The Balaban J connectivity index is 2.91. The van der Waals surface area contributed by atoms with Gasteiger partial charge in [0.1, 0.15) is 5.82 Å². The molecule has 0 spiro atoms. The minimum absolute atomic E-state index is 0.0352. The van der Waals surface area contributed by atoms with E-state index in [4.69, 9.17) is 28.9 Å². The highest BCUT2D eigenvalue weighted by Gasteiger charge is 2.26. The van der Waals surface area contributed by atoms with Crippen LogP contribution in [-0.2, 0) is 0 Å². The van der Waals surface area contributed by atoms with Crippen molar-refractivity contribution in [2.45, 2.75) is 19.9 Å². The van der Waals surface area contributed by atoms with E-state index in [1.807, 2.05) is 0 Å². The average molecular weight is 360 g/mol. The molecule has 0 aliphatic heterocycles. The number of carbonyl (C=O) groups excluding carboxylic acids is 1. The standard InChI is InChI=1S/C14H15Cl2N3O2S/c1-7(2)18-13(20)11(12(17)19(18)14(21)22-3)10-8(15)5-4-6-9(10)16/h4-7H,17H2,1-3H3. The molecule has 22 heavy (non-hydrogen) atoms. The number of hydrogen-bond donors (Lipinski definition) is 1. The van der Waals surface area contributed by atoms with E-state index in [2.05, 4.69) is 0 Å². The molecule has 1 aromatic heterocycles. The van der Waals surface area contributed by atoms with Crippen molar-refractivity contribution in [3.05, 3.63) is 38.6 Å². The van der Waals surface area contributed by atoms with Crippen molar-refractivity contribution in [3.8, 4) is 11.1 Å². The van der Waals surface area contributed by atoms with Crippen LogP contribution in [0.15, 0.2) is 23.0 Å². The molecule has 1 heterocycles. The number of hydrogen-bond acceptors (Lipinski definition) is 4. The van der Waals surface area contributed by atoms with Crippen molar-refractivity contribution >= 4 is 46.0 Å². The molecule has 2 aromatic rings. The number of nitrogens with two attached hydrogens (primary N) is 1. The van der Waals surface area contributed by atoms with Crippen LogP contribution in [0, 0.1) is 0 Å². The first-order valence-electron chi connectivity index (χ1n) is 6.46. The van der Waals surface area contributed by atoms with E-state index < -0.39 is 5.56 Å². The van der Waals surface area contributed by atoms with Gasteiger partial charge in [-0.25, -0.2) is 4.68 Å². The maximum atomic E-state index is 12.8. The Bertz CT molecular complexity index is 776. The van der Waals surface area contributed by atoms with E-state index in [1.165, 1.54) is 9.36 Å². The van der Waals surface area contributed by atoms with Gasteiger partial charge in [0, 0.05) is 11.6 Å². The minimum Gasteiger partial charge on any atom is -0.383 e. The Kier molecular flexibility index (Phi) is 4.94. The van der Waals surface area contributed by atoms with Crippen LogP contribution in [0.5, 0.6) is 0 Å². The molecule has 0 saturated carbocycles. The monoisotopic (exact) mass is 359 g/mol. The lowest BCUT2D eigenvalue weighted by Gasteiger charge is -2.13. The summed E-state index contributed by atoms with van der Waals surface area (Å²) in [7, 11) is 0. The molecule has 0 fully saturated rings. The molecule has 118 valence electrons. The predicted octanol–water partition coefficient (Wildman–Crippen LogP) is 4.12. The molecule has 1 aromatic carbocycles. The molecule has 0 bridgehead atoms. The van der Waals surface area contributed by atoms with Crippen LogP contribution in [0.2, 0.25) is 10.0 Å². The van der Waals surface area contributed by atoms with Gasteiger partial charge in [-0.1, -0.05) is 41.0 Å². The van der Waals surface area contributed by atoms with Gasteiger partial charge < -0.3 is 5.73 Å². The van der Waals surface area contributed by atoms with Crippen LogP contribution in [0.1, 0.15) is 19.9 Å². The largest absolute Gasteiger partial charge is 0.383 e. The smallest absolute Gasteiger partial charge is 0.306 e. The van der Waals surface area contributed by atoms with Crippen molar-refractivity contribution in [2.75, 3.05) is 12.0 Å². The maximum Gasteiger partial charge on any atom is 0.306 e. The molecular formula is C14H15Cl2N3O2S. The van der Waals surface area contributed by atoms with Crippen molar-refractivity contribution in [1.29, 1.82) is 0 Å². The van der Waals surface area contributed by atoms with Gasteiger partial charge in [-0.15, -0.1) is 0 Å². The van der Waals surface area contributed by atoms with E-state index in [0.717, 1.165) is 11.8 Å². The highest BCUT2D eigenvalue weighted by atomic mass is 35.5. The van der Waals surface area contributed by atoms with Crippen LogP contribution in [0.25, 0.3) is 11.1 Å². The van der Waals surface area contributed by atoms with E-state index in [1.54, 1.807) is 38.3 Å². The number of rotatable bonds is 2. The predicted molar refractivity (Wildman–Crippen MR) is 93.3 cm³/mol. The van der Waals surface area contributed by atoms with Crippen molar-refractivity contribution < 1.29 is 4.79 Å². The summed E-state index contributed by atoms with van der Waals surface area (Å²) in [6.45, 7) is 3.59. The summed E-state index contributed by atoms with van der Waals surface area (Å²) in [6.07, 6.45) is 1.62. The zero-order chi connectivity index (χ0) is 16.6. The van der Waals surface area contributed by atoms with Crippen molar-refractivity contribution in [3.63, 3.8) is 0 Å². The number of nitrogens with zero attached hydrogens (tertiary/aromatic N) is 2.